The van der Waals surface area contributed by atoms with Crippen molar-refractivity contribution in [2.24, 2.45) is 5.14 Å². The van der Waals surface area contributed by atoms with Gasteiger partial charge in [-0.1, -0.05) is 0 Å². The molecule has 0 saturated heterocycles. The maximum atomic E-state index is 11.1. The quantitative estimate of drug-likeness (QED) is 0.466. The Balaban J connectivity index is 2.77. The average Bonchev–Trinajstić information content (AvgIpc) is 2.25. The first-order chi connectivity index (χ1) is 8.34. The zero-order valence-corrected chi connectivity index (χ0v) is 11.4. The minimum absolute atomic E-state index is 0.0614. The lowest BCUT2D eigenvalue weighted by Crippen LogP contribution is -2.14. The van der Waals surface area contributed by atoms with Gasteiger partial charge in [0.05, 0.1) is 18.0 Å². The molecule has 0 aliphatic heterocycles. The Kier molecular flexibility index (Phi) is 5.00. The van der Waals surface area contributed by atoms with E-state index in [9.17, 15) is 13.2 Å². The molecule has 1 rings (SSSR count). The molecule has 4 N–H and O–H groups in total. The summed E-state index contributed by atoms with van der Waals surface area (Å²) >= 11 is 1.21. The van der Waals surface area contributed by atoms with Crippen molar-refractivity contribution in [1.29, 1.82) is 0 Å². The first kappa shape index (κ1) is 14.8. The molecule has 0 aromatic heterocycles. The van der Waals surface area contributed by atoms with Crippen LogP contribution in [0.2, 0.25) is 0 Å². The van der Waals surface area contributed by atoms with Crippen molar-refractivity contribution in [2.45, 2.75) is 16.7 Å². The molecule has 0 atom stereocenters. The van der Waals surface area contributed by atoms with Crippen LogP contribution in [0.15, 0.2) is 28.0 Å². The molecule has 1 aromatic rings. The van der Waals surface area contributed by atoms with E-state index in [0.29, 0.717) is 11.5 Å². The molecule has 0 aliphatic carbocycles. The summed E-state index contributed by atoms with van der Waals surface area (Å²) in [4.78, 5) is 11.7. The fourth-order valence-electron chi connectivity index (χ4n) is 1.22. The highest BCUT2D eigenvalue weighted by Gasteiger charge is 2.13. The van der Waals surface area contributed by atoms with Crippen molar-refractivity contribution >= 4 is 33.4 Å². The van der Waals surface area contributed by atoms with Gasteiger partial charge in [-0.2, -0.15) is 0 Å². The lowest BCUT2D eigenvalue weighted by atomic mass is 10.3. The molecule has 0 aliphatic rings. The van der Waals surface area contributed by atoms with Gasteiger partial charge in [-0.25, -0.2) is 13.6 Å². The molecule has 0 bridgehead atoms. The summed E-state index contributed by atoms with van der Waals surface area (Å²) in [6.07, 6.45) is 0. The fourth-order valence-corrected chi connectivity index (χ4v) is 2.61. The van der Waals surface area contributed by atoms with Crippen LogP contribution >= 0.6 is 11.8 Å². The smallest absolute Gasteiger partial charge is 0.316 e. The summed E-state index contributed by atoms with van der Waals surface area (Å²) < 4.78 is 27.0. The Morgan fingerprint density at radius 1 is 1.44 bits per heavy atom. The summed E-state index contributed by atoms with van der Waals surface area (Å²) in [5, 5.41) is 4.98. The predicted molar refractivity (Wildman–Crippen MR) is 69.6 cm³/mol. The van der Waals surface area contributed by atoms with E-state index >= 15 is 0 Å². The minimum Gasteiger partial charge on any atom is -0.465 e. The number of thioether (sulfide) groups is 1. The number of hydrogen-bond donors (Lipinski definition) is 2. The number of sulfonamides is 1. The summed E-state index contributed by atoms with van der Waals surface area (Å²) in [7, 11) is -3.82. The predicted octanol–water partition coefficient (Wildman–Crippen LogP) is 0.571. The van der Waals surface area contributed by atoms with Gasteiger partial charge in [0.1, 0.15) is 4.90 Å². The lowest BCUT2D eigenvalue weighted by molar-refractivity contribution is -0.139. The highest BCUT2D eigenvalue weighted by Crippen LogP contribution is 2.25. The summed E-state index contributed by atoms with van der Waals surface area (Å²) in [5.74, 6) is -0.196. The summed E-state index contributed by atoms with van der Waals surface area (Å²) in [6.45, 7) is 2.05. The second-order valence-electron chi connectivity index (χ2n) is 3.34. The number of rotatable bonds is 5. The zero-order chi connectivity index (χ0) is 13.8. The Morgan fingerprint density at radius 3 is 2.61 bits per heavy atom. The summed E-state index contributed by atoms with van der Waals surface area (Å²) in [6, 6.07) is 4.32. The first-order valence-electron chi connectivity index (χ1n) is 5.05. The van der Waals surface area contributed by atoms with E-state index in [0.717, 1.165) is 0 Å². The Morgan fingerprint density at radius 2 is 2.11 bits per heavy atom. The molecule has 0 radical (unpaired) electrons. The molecule has 18 heavy (non-hydrogen) atoms. The van der Waals surface area contributed by atoms with Crippen LogP contribution in [0.4, 0.5) is 5.69 Å². The number of benzene rings is 1. The van der Waals surface area contributed by atoms with Gasteiger partial charge in [-0.3, -0.25) is 4.79 Å². The van der Waals surface area contributed by atoms with Crippen molar-refractivity contribution < 1.29 is 17.9 Å². The van der Waals surface area contributed by atoms with Crippen LogP contribution in [0.1, 0.15) is 6.92 Å². The van der Waals surface area contributed by atoms with E-state index in [1.807, 2.05) is 0 Å². The van der Waals surface area contributed by atoms with Gasteiger partial charge in [0.2, 0.25) is 10.0 Å². The molecule has 100 valence electrons. The topological polar surface area (TPSA) is 112 Å². The zero-order valence-electron chi connectivity index (χ0n) is 9.75. The number of hydrogen-bond acceptors (Lipinski definition) is 6. The third-order valence-corrected chi connectivity index (χ3v) is 3.90. The number of anilines is 1. The van der Waals surface area contributed by atoms with Gasteiger partial charge < -0.3 is 10.5 Å². The number of esters is 1. The Labute approximate surface area is 110 Å². The number of nitrogens with two attached hydrogens (primary N) is 2. The second kappa shape index (κ2) is 6.07. The molecule has 1 aromatic carbocycles. The maximum Gasteiger partial charge on any atom is 0.316 e. The van der Waals surface area contributed by atoms with Crippen molar-refractivity contribution in [2.75, 3.05) is 18.1 Å². The Hall–Kier alpha value is -1.25. The van der Waals surface area contributed by atoms with Crippen LogP contribution in [0.5, 0.6) is 0 Å². The van der Waals surface area contributed by atoms with Gasteiger partial charge in [-0.05, 0) is 25.1 Å². The highest BCUT2D eigenvalue weighted by molar-refractivity contribution is 8.00. The van der Waals surface area contributed by atoms with E-state index in [4.69, 9.17) is 15.6 Å². The normalized spacial score (nSPS) is 11.2. The Bertz CT molecular complexity index is 543. The van der Waals surface area contributed by atoms with Crippen LogP contribution in [-0.2, 0) is 19.6 Å². The van der Waals surface area contributed by atoms with E-state index < -0.39 is 10.0 Å². The van der Waals surface area contributed by atoms with Crippen molar-refractivity contribution in [1.82, 2.24) is 0 Å². The van der Waals surface area contributed by atoms with Gasteiger partial charge >= 0.3 is 5.97 Å². The number of nitrogen functional groups attached to an aromatic ring is 1. The highest BCUT2D eigenvalue weighted by atomic mass is 32.2. The molecule has 0 amide bonds. The molecule has 8 heteroatoms. The second-order valence-corrected chi connectivity index (χ2v) is 5.92. The standard InChI is InChI=1S/C10H14N2O4S2/c1-2-16-10(13)6-17-7-3-4-9(8(11)5-7)18(12,14)15/h3-5H,2,6,11H2,1H3,(H2,12,14,15). The number of carbonyl (C=O) groups excluding carboxylic acids is 1. The van der Waals surface area contributed by atoms with Crippen LogP contribution in [0, 0.1) is 0 Å². The van der Waals surface area contributed by atoms with E-state index in [1.54, 1.807) is 13.0 Å². The first-order valence-corrected chi connectivity index (χ1v) is 7.58. The molecule has 0 spiro atoms. The average molecular weight is 290 g/mol. The van der Waals surface area contributed by atoms with Gasteiger partial charge in [-0.15, -0.1) is 11.8 Å². The maximum absolute atomic E-state index is 11.1. The third-order valence-electron chi connectivity index (χ3n) is 1.95. The summed E-state index contributed by atoms with van der Waals surface area (Å²) in [5.41, 5.74) is 5.65. The van der Waals surface area contributed by atoms with E-state index in [2.05, 4.69) is 0 Å². The largest absolute Gasteiger partial charge is 0.465 e. The van der Waals surface area contributed by atoms with Gasteiger partial charge in [0.15, 0.2) is 0 Å². The van der Waals surface area contributed by atoms with Gasteiger partial charge in [0, 0.05) is 4.90 Å². The van der Waals surface area contributed by atoms with E-state index in [-0.39, 0.29) is 22.3 Å². The van der Waals surface area contributed by atoms with Crippen LogP contribution in [0.3, 0.4) is 0 Å². The SMILES string of the molecule is CCOC(=O)CSc1ccc(S(N)(=O)=O)c(N)c1. The van der Waals surface area contributed by atoms with Crippen molar-refractivity contribution in [3.63, 3.8) is 0 Å². The molecule has 0 fully saturated rings. The number of primary sulfonamides is 1. The number of ether oxygens (including phenoxy) is 1. The van der Waals surface area contributed by atoms with Crippen LogP contribution in [0.25, 0.3) is 0 Å². The number of carbonyl (C=O) groups is 1. The van der Waals surface area contributed by atoms with Crippen molar-refractivity contribution in [3.8, 4) is 0 Å². The lowest BCUT2D eigenvalue weighted by Gasteiger charge is -2.06. The third kappa shape index (κ3) is 4.21. The van der Waals surface area contributed by atoms with Crippen LogP contribution < -0.4 is 10.9 Å². The molecule has 6 nitrogen and oxygen atoms in total. The molecule has 0 saturated carbocycles. The minimum atomic E-state index is -3.82. The fraction of sp³-hybridized carbons (Fsp3) is 0.300. The van der Waals surface area contributed by atoms with Crippen LogP contribution in [-0.4, -0.2) is 26.7 Å². The molecule has 0 unspecified atom stereocenters. The molecule has 0 heterocycles. The monoisotopic (exact) mass is 290 g/mol. The van der Waals surface area contributed by atoms with E-state index in [1.165, 1.54) is 23.9 Å². The van der Waals surface area contributed by atoms with Gasteiger partial charge in [0.25, 0.3) is 0 Å². The molecular weight excluding hydrogens is 276 g/mol. The van der Waals surface area contributed by atoms with Crippen molar-refractivity contribution in [3.05, 3.63) is 18.2 Å². The molecular formula is C10H14N2O4S2.